The molecule has 98 valence electrons. The van der Waals surface area contributed by atoms with Crippen molar-refractivity contribution in [3.63, 3.8) is 0 Å². The summed E-state index contributed by atoms with van der Waals surface area (Å²) in [7, 11) is 0. The van der Waals surface area contributed by atoms with Gasteiger partial charge in [0.2, 0.25) is 0 Å². The van der Waals surface area contributed by atoms with Gasteiger partial charge in [0.25, 0.3) is 0 Å². The fourth-order valence-electron chi connectivity index (χ4n) is 2.88. The molecular formula is C17H15N3. The van der Waals surface area contributed by atoms with E-state index in [-0.39, 0.29) is 0 Å². The first-order chi connectivity index (χ1) is 9.78. The first-order valence-electron chi connectivity index (χ1n) is 6.93. The van der Waals surface area contributed by atoms with Crippen molar-refractivity contribution in [2.75, 3.05) is 0 Å². The topological polar surface area (TPSA) is 30.2 Å². The van der Waals surface area contributed by atoms with Gasteiger partial charge in [0.05, 0.1) is 16.7 Å². The highest BCUT2D eigenvalue weighted by Gasteiger charge is 2.11. The zero-order valence-electron chi connectivity index (χ0n) is 11.6. The van der Waals surface area contributed by atoms with Gasteiger partial charge in [-0.05, 0) is 30.9 Å². The lowest BCUT2D eigenvalue weighted by molar-refractivity contribution is 1.04. The van der Waals surface area contributed by atoms with Gasteiger partial charge in [0, 0.05) is 17.8 Å². The van der Waals surface area contributed by atoms with Crippen molar-refractivity contribution in [2.24, 2.45) is 0 Å². The van der Waals surface area contributed by atoms with Gasteiger partial charge in [-0.25, -0.2) is 4.98 Å². The predicted molar refractivity (Wildman–Crippen MR) is 82.1 cm³/mol. The minimum Gasteiger partial charge on any atom is -0.297 e. The third-order valence-corrected chi connectivity index (χ3v) is 3.86. The summed E-state index contributed by atoms with van der Waals surface area (Å²) < 4.78 is 2.17. The second kappa shape index (κ2) is 4.04. The third kappa shape index (κ3) is 1.46. The van der Waals surface area contributed by atoms with E-state index in [0.717, 1.165) is 28.8 Å². The van der Waals surface area contributed by atoms with Crippen LogP contribution in [0.3, 0.4) is 0 Å². The molecule has 0 aliphatic rings. The molecule has 3 heteroatoms. The quantitative estimate of drug-likeness (QED) is 0.520. The Kier molecular flexibility index (Phi) is 2.30. The molecule has 0 saturated heterocycles. The van der Waals surface area contributed by atoms with Gasteiger partial charge >= 0.3 is 0 Å². The molecule has 20 heavy (non-hydrogen) atoms. The third-order valence-electron chi connectivity index (χ3n) is 3.86. The summed E-state index contributed by atoms with van der Waals surface area (Å²) in [6.07, 6.45) is 4.87. The highest BCUT2D eigenvalue weighted by Crippen LogP contribution is 2.26. The molecule has 0 N–H and O–H groups in total. The number of rotatable bonds is 1. The van der Waals surface area contributed by atoms with Crippen molar-refractivity contribution >= 4 is 27.5 Å². The van der Waals surface area contributed by atoms with Crippen LogP contribution in [0.25, 0.3) is 27.5 Å². The number of pyridine rings is 2. The minimum absolute atomic E-state index is 0.914. The molecule has 0 spiro atoms. The van der Waals surface area contributed by atoms with Crippen LogP contribution in [0.1, 0.15) is 18.2 Å². The lowest BCUT2D eigenvalue weighted by Crippen LogP contribution is -1.92. The van der Waals surface area contributed by atoms with Gasteiger partial charge in [0.1, 0.15) is 5.65 Å². The number of aromatic nitrogens is 3. The number of imidazole rings is 1. The van der Waals surface area contributed by atoms with E-state index in [1.807, 2.05) is 12.3 Å². The molecule has 0 unspecified atom stereocenters. The number of fused-ring (bicyclic) bond motifs is 5. The van der Waals surface area contributed by atoms with E-state index in [1.54, 1.807) is 0 Å². The molecule has 0 atom stereocenters. The minimum atomic E-state index is 0.914. The number of hydrogen-bond donors (Lipinski definition) is 0. The van der Waals surface area contributed by atoms with E-state index in [9.17, 15) is 0 Å². The van der Waals surface area contributed by atoms with E-state index in [2.05, 4.69) is 53.7 Å². The largest absolute Gasteiger partial charge is 0.297 e. The highest BCUT2D eigenvalue weighted by atomic mass is 15.0. The highest BCUT2D eigenvalue weighted by molar-refractivity contribution is 5.98. The monoisotopic (exact) mass is 261 g/mol. The average Bonchev–Trinajstić information content (AvgIpc) is 2.85. The molecule has 3 aromatic heterocycles. The van der Waals surface area contributed by atoms with Crippen molar-refractivity contribution in [1.29, 1.82) is 0 Å². The van der Waals surface area contributed by atoms with Crippen molar-refractivity contribution in [3.8, 4) is 0 Å². The molecule has 0 aliphatic heterocycles. The van der Waals surface area contributed by atoms with Crippen molar-refractivity contribution < 1.29 is 0 Å². The molecule has 0 bridgehead atoms. The molecule has 0 aliphatic carbocycles. The van der Waals surface area contributed by atoms with E-state index in [0.29, 0.717) is 0 Å². The van der Waals surface area contributed by atoms with Crippen LogP contribution in [-0.4, -0.2) is 14.4 Å². The zero-order chi connectivity index (χ0) is 13.7. The molecule has 4 aromatic rings. The molecule has 3 heterocycles. The van der Waals surface area contributed by atoms with Gasteiger partial charge in [-0.3, -0.25) is 9.38 Å². The second-order valence-electron chi connectivity index (χ2n) is 5.19. The van der Waals surface area contributed by atoms with Gasteiger partial charge < -0.3 is 0 Å². The first-order valence-corrected chi connectivity index (χ1v) is 6.93. The fraction of sp³-hybridized carbons (Fsp3) is 0.176. The maximum Gasteiger partial charge on any atom is 0.145 e. The van der Waals surface area contributed by atoms with E-state index in [4.69, 9.17) is 4.98 Å². The Labute approximate surface area is 116 Å². The zero-order valence-corrected chi connectivity index (χ0v) is 11.6. The Morgan fingerprint density at radius 3 is 2.90 bits per heavy atom. The van der Waals surface area contributed by atoms with Crippen LogP contribution in [0.2, 0.25) is 0 Å². The number of hydrogen-bond acceptors (Lipinski definition) is 2. The molecule has 0 fully saturated rings. The van der Waals surface area contributed by atoms with Crippen LogP contribution in [-0.2, 0) is 6.42 Å². The molecule has 4 rings (SSSR count). The van der Waals surface area contributed by atoms with Crippen LogP contribution in [0.15, 0.2) is 42.7 Å². The van der Waals surface area contributed by atoms with Crippen molar-refractivity contribution in [1.82, 2.24) is 14.4 Å². The predicted octanol–water partition coefficient (Wildman–Crippen LogP) is 3.91. The normalized spacial score (nSPS) is 11.7. The number of nitrogens with zero attached hydrogens (tertiary/aromatic N) is 3. The lowest BCUT2D eigenvalue weighted by atomic mass is 10.1. The number of benzene rings is 1. The van der Waals surface area contributed by atoms with Crippen LogP contribution >= 0.6 is 0 Å². The fourth-order valence-corrected chi connectivity index (χ4v) is 2.88. The van der Waals surface area contributed by atoms with Crippen LogP contribution in [0, 0.1) is 6.92 Å². The lowest BCUT2D eigenvalue weighted by Gasteiger charge is -2.03. The van der Waals surface area contributed by atoms with E-state index in [1.165, 1.54) is 16.3 Å². The molecule has 0 saturated carbocycles. The number of aryl methyl sites for hydroxylation is 2. The van der Waals surface area contributed by atoms with Gasteiger partial charge in [-0.15, -0.1) is 0 Å². The Morgan fingerprint density at radius 1 is 1.15 bits per heavy atom. The van der Waals surface area contributed by atoms with Crippen molar-refractivity contribution in [2.45, 2.75) is 20.3 Å². The summed E-state index contributed by atoms with van der Waals surface area (Å²) in [5, 5.41) is 2.43. The second-order valence-corrected chi connectivity index (χ2v) is 5.19. The Hall–Kier alpha value is -2.42. The Balaban J connectivity index is 2.24. The maximum atomic E-state index is 4.80. The Morgan fingerprint density at radius 2 is 2.05 bits per heavy atom. The summed E-state index contributed by atoms with van der Waals surface area (Å²) in [5.74, 6) is 0. The van der Waals surface area contributed by atoms with Crippen LogP contribution in [0.5, 0.6) is 0 Å². The van der Waals surface area contributed by atoms with Crippen LogP contribution < -0.4 is 0 Å². The van der Waals surface area contributed by atoms with E-state index >= 15 is 0 Å². The molecule has 1 aromatic carbocycles. The molecule has 0 amide bonds. The maximum absolute atomic E-state index is 4.80. The van der Waals surface area contributed by atoms with Gasteiger partial charge in [-0.1, -0.05) is 30.7 Å². The standard InChI is InChI=1S/C17H15N3/c1-3-14-16-15(6-8-18-14)19-17-13-5-4-11(2)10-12(13)7-9-20(16)17/h4-10H,3H2,1-2H3. The molecular weight excluding hydrogens is 246 g/mol. The molecule has 3 nitrogen and oxygen atoms in total. The van der Waals surface area contributed by atoms with Gasteiger partial charge in [-0.2, -0.15) is 0 Å². The van der Waals surface area contributed by atoms with Crippen molar-refractivity contribution in [3.05, 3.63) is 54.0 Å². The molecule has 0 radical (unpaired) electrons. The summed E-state index contributed by atoms with van der Waals surface area (Å²) in [4.78, 5) is 9.29. The average molecular weight is 261 g/mol. The first kappa shape index (κ1) is 11.4. The van der Waals surface area contributed by atoms with E-state index < -0.39 is 0 Å². The smallest absolute Gasteiger partial charge is 0.145 e. The summed E-state index contributed by atoms with van der Waals surface area (Å²) in [6.45, 7) is 4.25. The summed E-state index contributed by atoms with van der Waals surface area (Å²) >= 11 is 0. The summed E-state index contributed by atoms with van der Waals surface area (Å²) in [6, 6.07) is 10.6. The Bertz CT molecular complexity index is 951. The SMILES string of the molecule is CCc1nccc2nc3c4ccc(C)cc4ccn3c12. The van der Waals surface area contributed by atoms with Gasteiger partial charge in [0.15, 0.2) is 0 Å². The summed E-state index contributed by atoms with van der Waals surface area (Å²) in [5.41, 5.74) is 5.54. The van der Waals surface area contributed by atoms with Crippen LogP contribution in [0.4, 0.5) is 0 Å².